The zero-order valence-corrected chi connectivity index (χ0v) is 13.5. The highest BCUT2D eigenvalue weighted by molar-refractivity contribution is 7.89. The van der Waals surface area contributed by atoms with Crippen molar-refractivity contribution in [1.29, 1.82) is 0 Å². The first kappa shape index (κ1) is 17.2. The predicted molar refractivity (Wildman–Crippen MR) is 83.0 cm³/mol. The molecule has 0 unspecified atom stereocenters. The Kier molecular flexibility index (Phi) is 7.24. The SMILES string of the molecule is CC(C)CCS(=O)(=O)NCc1sccc1C#CCCO. The highest BCUT2D eigenvalue weighted by Gasteiger charge is 2.12. The molecule has 0 aliphatic rings. The smallest absolute Gasteiger partial charge is 0.211 e. The lowest BCUT2D eigenvalue weighted by Crippen LogP contribution is -2.26. The molecule has 0 aliphatic carbocycles. The van der Waals surface area contributed by atoms with Gasteiger partial charge in [-0.3, -0.25) is 0 Å². The van der Waals surface area contributed by atoms with Gasteiger partial charge in [0.15, 0.2) is 0 Å². The van der Waals surface area contributed by atoms with Crippen LogP contribution in [0, 0.1) is 17.8 Å². The lowest BCUT2D eigenvalue weighted by atomic mass is 10.2. The summed E-state index contributed by atoms with van der Waals surface area (Å²) in [6, 6.07) is 1.87. The van der Waals surface area contributed by atoms with Crippen LogP contribution in [0.5, 0.6) is 0 Å². The number of hydrogen-bond donors (Lipinski definition) is 2. The summed E-state index contributed by atoms with van der Waals surface area (Å²) in [6.07, 6.45) is 1.08. The van der Waals surface area contributed by atoms with Crippen LogP contribution in [0.1, 0.15) is 37.1 Å². The Labute approximate surface area is 125 Å². The number of aliphatic hydroxyl groups excluding tert-OH is 1. The number of aliphatic hydroxyl groups is 1. The van der Waals surface area contributed by atoms with Crippen LogP contribution in [0.3, 0.4) is 0 Å². The van der Waals surface area contributed by atoms with E-state index in [2.05, 4.69) is 16.6 Å². The van der Waals surface area contributed by atoms with Crippen LogP contribution < -0.4 is 4.72 Å². The number of hydrogen-bond acceptors (Lipinski definition) is 4. The van der Waals surface area contributed by atoms with Crippen LogP contribution in [0.15, 0.2) is 11.4 Å². The van der Waals surface area contributed by atoms with E-state index in [0.29, 0.717) is 18.8 Å². The van der Waals surface area contributed by atoms with Crippen LogP contribution >= 0.6 is 11.3 Å². The van der Waals surface area contributed by atoms with Crippen molar-refractivity contribution in [2.75, 3.05) is 12.4 Å². The first-order valence-corrected chi connectivity index (χ1v) is 9.11. The van der Waals surface area contributed by atoms with Crippen molar-refractivity contribution in [3.05, 3.63) is 21.9 Å². The average Bonchev–Trinajstić information content (AvgIpc) is 2.82. The molecule has 0 fully saturated rings. The van der Waals surface area contributed by atoms with E-state index in [-0.39, 0.29) is 18.9 Å². The van der Waals surface area contributed by atoms with Crippen LogP contribution in [0.4, 0.5) is 0 Å². The molecule has 4 nitrogen and oxygen atoms in total. The van der Waals surface area contributed by atoms with Gasteiger partial charge >= 0.3 is 0 Å². The molecule has 0 amide bonds. The summed E-state index contributed by atoms with van der Waals surface area (Å²) in [5.41, 5.74) is 0.829. The van der Waals surface area contributed by atoms with Gasteiger partial charge in [-0.2, -0.15) is 0 Å². The molecule has 1 heterocycles. The second-order valence-corrected chi connectivity index (χ2v) is 7.78. The average molecular weight is 315 g/mol. The molecule has 0 aromatic carbocycles. The first-order chi connectivity index (χ1) is 9.44. The monoisotopic (exact) mass is 315 g/mol. The molecule has 0 saturated heterocycles. The summed E-state index contributed by atoms with van der Waals surface area (Å²) < 4.78 is 26.3. The van der Waals surface area contributed by atoms with Crippen molar-refractivity contribution in [3.63, 3.8) is 0 Å². The van der Waals surface area contributed by atoms with Crippen molar-refractivity contribution >= 4 is 21.4 Å². The van der Waals surface area contributed by atoms with Gasteiger partial charge < -0.3 is 5.11 Å². The molecule has 0 radical (unpaired) electrons. The van der Waals surface area contributed by atoms with Gasteiger partial charge in [-0.05, 0) is 23.8 Å². The fourth-order valence-corrected chi connectivity index (χ4v) is 3.59. The molecule has 1 aromatic heterocycles. The number of nitrogens with one attached hydrogen (secondary N) is 1. The highest BCUT2D eigenvalue weighted by atomic mass is 32.2. The van der Waals surface area contributed by atoms with E-state index >= 15 is 0 Å². The molecule has 1 rings (SSSR count). The maximum atomic E-state index is 11.8. The zero-order chi connectivity index (χ0) is 15.0. The normalized spacial score (nSPS) is 11.4. The minimum Gasteiger partial charge on any atom is -0.395 e. The van der Waals surface area contributed by atoms with E-state index in [1.165, 1.54) is 11.3 Å². The summed E-state index contributed by atoms with van der Waals surface area (Å²) in [6.45, 7) is 4.32. The molecule has 0 aliphatic heterocycles. The molecular formula is C14H21NO3S2. The van der Waals surface area contributed by atoms with Crippen LogP contribution in [0.25, 0.3) is 0 Å². The minimum absolute atomic E-state index is 0.0360. The molecule has 20 heavy (non-hydrogen) atoms. The first-order valence-electron chi connectivity index (χ1n) is 6.58. The fourth-order valence-electron chi connectivity index (χ4n) is 1.44. The number of thiophene rings is 1. The zero-order valence-electron chi connectivity index (χ0n) is 11.8. The fraction of sp³-hybridized carbons (Fsp3) is 0.571. The Morgan fingerprint density at radius 3 is 2.85 bits per heavy atom. The van der Waals surface area contributed by atoms with E-state index in [4.69, 9.17) is 5.11 Å². The van der Waals surface area contributed by atoms with Gasteiger partial charge in [-0.25, -0.2) is 13.1 Å². The van der Waals surface area contributed by atoms with Crippen LogP contribution in [0.2, 0.25) is 0 Å². The maximum Gasteiger partial charge on any atom is 0.211 e. The molecule has 2 N–H and O–H groups in total. The van der Waals surface area contributed by atoms with Gasteiger partial charge in [-0.15, -0.1) is 11.3 Å². The Morgan fingerprint density at radius 2 is 2.20 bits per heavy atom. The topological polar surface area (TPSA) is 66.4 Å². The molecule has 0 spiro atoms. The quantitative estimate of drug-likeness (QED) is 0.756. The Morgan fingerprint density at radius 1 is 1.45 bits per heavy atom. The largest absolute Gasteiger partial charge is 0.395 e. The van der Waals surface area contributed by atoms with E-state index in [1.807, 2.05) is 25.3 Å². The van der Waals surface area contributed by atoms with E-state index in [0.717, 1.165) is 10.4 Å². The van der Waals surface area contributed by atoms with Gasteiger partial charge in [0.05, 0.1) is 12.4 Å². The van der Waals surface area contributed by atoms with E-state index in [1.54, 1.807) is 0 Å². The highest BCUT2D eigenvalue weighted by Crippen LogP contribution is 2.16. The van der Waals surface area contributed by atoms with Crippen LogP contribution in [-0.2, 0) is 16.6 Å². The molecule has 0 bridgehead atoms. The Balaban J connectivity index is 2.58. The second kappa shape index (κ2) is 8.42. The molecule has 6 heteroatoms. The standard InChI is InChI=1S/C14H21NO3S2/c1-12(2)7-10-20(17,18)15-11-14-13(6-9-19-14)5-3-4-8-16/h6,9,12,15-16H,4,7-8,10-11H2,1-2H3. The summed E-state index contributed by atoms with van der Waals surface area (Å²) >= 11 is 1.48. The van der Waals surface area contributed by atoms with Crippen molar-refractivity contribution in [2.45, 2.75) is 33.2 Å². The summed E-state index contributed by atoms with van der Waals surface area (Å²) in [7, 11) is -3.23. The Bertz CT molecular complexity index is 565. The molecule has 1 aromatic rings. The molecule has 112 valence electrons. The maximum absolute atomic E-state index is 11.8. The lowest BCUT2D eigenvalue weighted by Gasteiger charge is -2.07. The van der Waals surface area contributed by atoms with E-state index in [9.17, 15) is 8.42 Å². The molecule has 0 saturated carbocycles. The third-order valence-electron chi connectivity index (χ3n) is 2.62. The van der Waals surface area contributed by atoms with E-state index < -0.39 is 10.0 Å². The minimum atomic E-state index is -3.23. The third-order valence-corrected chi connectivity index (χ3v) is 4.90. The van der Waals surface area contributed by atoms with Crippen molar-refractivity contribution in [2.24, 2.45) is 5.92 Å². The van der Waals surface area contributed by atoms with Gasteiger partial charge in [0.25, 0.3) is 0 Å². The summed E-state index contributed by atoms with van der Waals surface area (Å²) in [5.74, 6) is 6.31. The van der Waals surface area contributed by atoms with Gasteiger partial charge in [0.2, 0.25) is 10.0 Å². The summed E-state index contributed by atoms with van der Waals surface area (Å²) in [4.78, 5) is 0.906. The molecule has 0 atom stereocenters. The molecular weight excluding hydrogens is 294 g/mol. The lowest BCUT2D eigenvalue weighted by molar-refractivity contribution is 0.305. The number of rotatable bonds is 7. The van der Waals surface area contributed by atoms with Crippen molar-refractivity contribution in [3.8, 4) is 11.8 Å². The predicted octanol–water partition coefficient (Wildman–Crippen LogP) is 1.95. The van der Waals surface area contributed by atoms with Gasteiger partial charge in [-0.1, -0.05) is 25.7 Å². The Hall–Kier alpha value is -0.870. The van der Waals surface area contributed by atoms with Crippen molar-refractivity contribution in [1.82, 2.24) is 4.72 Å². The third kappa shape index (κ3) is 6.53. The number of sulfonamides is 1. The van der Waals surface area contributed by atoms with Crippen molar-refractivity contribution < 1.29 is 13.5 Å². The summed E-state index contributed by atoms with van der Waals surface area (Å²) in [5, 5.41) is 10.6. The van der Waals surface area contributed by atoms with Gasteiger partial charge in [0.1, 0.15) is 0 Å². The van der Waals surface area contributed by atoms with Crippen LogP contribution in [-0.4, -0.2) is 25.9 Å². The second-order valence-electron chi connectivity index (χ2n) is 4.86. The van der Waals surface area contributed by atoms with Gasteiger partial charge in [0, 0.05) is 23.4 Å².